The Morgan fingerprint density at radius 1 is 1.58 bits per heavy atom. The predicted octanol–water partition coefficient (Wildman–Crippen LogP) is 1.75. The van der Waals surface area contributed by atoms with Gasteiger partial charge in [0.25, 0.3) is 0 Å². The van der Waals surface area contributed by atoms with E-state index in [-0.39, 0.29) is 18.3 Å². The number of aryl methyl sites for hydroxylation is 1. The molecule has 2 aromatic rings. The summed E-state index contributed by atoms with van der Waals surface area (Å²) in [5.41, 5.74) is 1.54. The quantitative estimate of drug-likeness (QED) is 0.925. The highest BCUT2D eigenvalue weighted by Gasteiger charge is 2.09. The number of carbonyl (C=O) groups excluding carboxylic acids is 1. The molecule has 0 saturated carbocycles. The number of nitriles is 1. The van der Waals surface area contributed by atoms with Crippen molar-refractivity contribution in [3.63, 3.8) is 0 Å². The molecular weight excluding hydrogens is 266 g/mol. The van der Waals surface area contributed by atoms with Crippen molar-refractivity contribution in [1.29, 1.82) is 5.26 Å². The Bertz CT molecular complexity index is 658. The number of benzene rings is 1. The van der Waals surface area contributed by atoms with Crippen molar-refractivity contribution in [2.45, 2.75) is 13.5 Å². The summed E-state index contributed by atoms with van der Waals surface area (Å²) in [5.74, 6) is -0.187. The van der Waals surface area contributed by atoms with E-state index >= 15 is 0 Å². The van der Waals surface area contributed by atoms with Crippen LogP contribution in [0.4, 0.5) is 5.69 Å². The number of halogens is 1. The minimum atomic E-state index is -0.281. The molecule has 1 aromatic carbocycles. The van der Waals surface area contributed by atoms with Crippen LogP contribution in [-0.4, -0.2) is 20.7 Å². The van der Waals surface area contributed by atoms with Crippen LogP contribution in [0.1, 0.15) is 11.4 Å². The van der Waals surface area contributed by atoms with Crippen LogP contribution in [-0.2, 0) is 11.3 Å². The molecule has 0 unspecified atom stereocenters. The lowest BCUT2D eigenvalue weighted by atomic mass is 10.2. The van der Waals surface area contributed by atoms with E-state index in [1.54, 1.807) is 12.1 Å². The highest BCUT2D eigenvalue weighted by molar-refractivity contribution is 6.31. The molecule has 7 heteroatoms. The third-order valence-electron chi connectivity index (χ3n) is 2.49. The van der Waals surface area contributed by atoms with Gasteiger partial charge in [-0.05, 0) is 24.6 Å². The molecule has 19 heavy (non-hydrogen) atoms. The number of hydrogen-bond acceptors (Lipinski definition) is 4. The second kappa shape index (κ2) is 5.50. The zero-order chi connectivity index (χ0) is 13.8. The first-order chi connectivity index (χ1) is 9.10. The fraction of sp³-hybridized carbons (Fsp3) is 0.167. The topological polar surface area (TPSA) is 83.6 Å². The molecule has 0 aliphatic heterocycles. The molecule has 0 aliphatic rings. The van der Waals surface area contributed by atoms with E-state index in [9.17, 15) is 4.79 Å². The lowest BCUT2D eigenvalue weighted by molar-refractivity contribution is -0.116. The maximum absolute atomic E-state index is 11.8. The molecule has 1 aromatic heterocycles. The molecule has 0 radical (unpaired) electrons. The third kappa shape index (κ3) is 3.09. The molecule has 0 bridgehead atoms. The van der Waals surface area contributed by atoms with Gasteiger partial charge in [0.15, 0.2) is 0 Å². The van der Waals surface area contributed by atoms with Gasteiger partial charge in [-0.3, -0.25) is 9.36 Å². The van der Waals surface area contributed by atoms with Gasteiger partial charge in [-0.2, -0.15) is 5.26 Å². The lowest BCUT2D eigenvalue weighted by Gasteiger charge is -2.07. The van der Waals surface area contributed by atoms with E-state index in [0.717, 1.165) is 5.56 Å². The first kappa shape index (κ1) is 13.1. The number of carbonyl (C=O) groups is 1. The summed E-state index contributed by atoms with van der Waals surface area (Å²) in [6.07, 6.45) is 1.33. The number of nitrogens with one attached hydrogen (secondary N) is 1. The van der Waals surface area contributed by atoms with Crippen molar-refractivity contribution in [2.24, 2.45) is 0 Å². The fourth-order valence-electron chi connectivity index (χ4n) is 1.48. The van der Waals surface area contributed by atoms with E-state index in [2.05, 4.69) is 15.5 Å². The van der Waals surface area contributed by atoms with Crippen LogP contribution in [0.2, 0.25) is 5.02 Å². The van der Waals surface area contributed by atoms with Crippen molar-refractivity contribution < 1.29 is 4.79 Å². The van der Waals surface area contributed by atoms with E-state index < -0.39 is 0 Å². The van der Waals surface area contributed by atoms with Crippen molar-refractivity contribution in [3.8, 4) is 6.07 Å². The van der Waals surface area contributed by atoms with E-state index in [1.165, 1.54) is 10.9 Å². The van der Waals surface area contributed by atoms with Crippen molar-refractivity contribution in [2.75, 3.05) is 5.32 Å². The van der Waals surface area contributed by atoms with Crippen LogP contribution >= 0.6 is 11.6 Å². The Labute approximate surface area is 114 Å². The maximum Gasteiger partial charge on any atom is 0.244 e. The van der Waals surface area contributed by atoms with Gasteiger partial charge >= 0.3 is 0 Å². The van der Waals surface area contributed by atoms with Crippen LogP contribution in [0.25, 0.3) is 0 Å². The smallest absolute Gasteiger partial charge is 0.244 e. The summed E-state index contributed by atoms with van der Waals surface area (Å²) in [5, 5.41) is 19.2. The van der Waals surface area contributed by atoms with Gasteiger partial charge in [0.2, 0.25) is 11.7 Å². The molecule has 0 fully saturated rings. The Morgan fingerprint density at radius 2 is 2.37 bits per heavy atom. The summed E-state index contributed by atoms with van der Waals surface area (Å²) in [6, 6.07) is 7.10. The molecule has 0 atom stereocenters. The predicted molar refractivity (Wildman–Crippen MR) is 69.6 cm³/mol. The molecule has 0 aliphatic carbocycles. The van der Waals surface area contributed by atoms with Gasteiger partial charge in [-0.15, -0.1) is 10.2 Å². The molecule has 1 N–H and O–H groups in total. The van der Waals surface area contributed by atoms with Crippen LogP contribution in [0, 0.1) is 18.3 Å². The SMILES string of the molecule is Cc1ccc(NC(=O)Cn2cnnc2C#N)cc1Cl. The summed E-state index contributed by atoms with van der Waals surface area (Å²) < 4.78 is 1.37. The second-order valence-electron chi connectivity index (χ2n) is 3.91. The van der Waals surface area contributed by atoms with Gasteiger partial charge in [-0.25, -0.2) is 0 Å². The minimum Gasteiger partial charge on any atom is -0.324 e. The molecule has 6 nitrogen and oxygen atoms in total. The van der Waals surface area contributed by atoms with Crippen molar-refractivity contribution in [3.05, 3.63) is 40.9 Å². The highest BCUT2D eigenvalue weighted by atomic mass is 35.5. The van der Waals surface area contributed by atoms with Crippen LogP contribution in [0.5, 0.6) is 0 Å². The lowest BCUT2D eigenvalue weighted by Crippen LogP contribution is -2.19. The maximum atomic E-state index is 11.8. The van der Waals surface area contributed by atoms with Gasteiger partial charge < -0.3 is 5.32 Å². The number of rotatable bonds is 3. The van der Waals surface area contributed by atoms with Gasteiger partial charge in [-0.1, -0.05) is 17.7 Å². The zero-order valence-electron chi connectivity index (χ0n) is 10.1. The van der Waals surface area contributed by atoms with E-state index in [0.29, 0.717) is 10.7 Å². The Kier molecular flexibility index (Phi) is 3.78. The molecule has 96 valence electrons. The summed E-state index contributed by atoms with van der Waals surface area (Å²) in [6.45, 7) is 1.85. The molecule has 2 rings (SSSR count). The summed E-state index contributed by atoms with van der Waals surface area (Å²) in [4.78, 5) is 11.8. The van der Waals surface area contributed by atoms with Crippen LogP contribution in [0.3, 0.4) is 0 Å². The standard InChI is InChI=1S/C12H10ClN5O/c1-8-2-3-9(4-10(8)13)16-12(19)6-18-7-15-17-11(18)5-14/h2-4,7H,6H2,1H3,(H,16,19). The largest absolute Gasteiger partial charge is 0.324 e. The first-order valence-electron chi connectivity index (χ1n) is 5.44. The molecule has 0 saturated heterocycles. The van der Waals surface area contributed by atoms with Crippen molar-refractivity contribution >= 4 is 23.2 Å². The molecular formula is C12H10ClN5O. The number of aromatic nitrogens is 3. The second-order valence-corrected chi connectivity index (χ2v) is 4.31. The zero-order valence-corrected chi connectivity index (χ0v) is 10.8. The van der Waals surface area contributed by atoms with Gasteiger partial charge in [0.05, 0.1) is 0 Å². The molecule has 1 heterocycles. The van der Waals surface area contributed by atoms with Crippen LogP contribution in [0.15, 0.2) is 24.5 Å². The fourth-order valence-corrected chi connectivity index (χ4v) is 1.66. The Hall–Kier alpha value is -2.39. The van der Waals surface area contributed by atoms with Crippen molar-refractivity contribution in [1.82, 2.24) is 14.8 Å². The number of hydrogen-bond donors (Lipinski definition) is 1. The van der Waals surface area contributed by atoms with Gasteiger partial charge in [0.1, 0.15) is 18.9 Å². The molecule has 0 spiro atoms. The van der Waals surface area contributed by atoms with E-state index in [1.807, 2.05) is 19.1 Å². The van der Waals surface area contributed by atoms with E-state index in [4.69, 9.17) is 16.9 Å². The molecule has 1 amide bonds. The number of amides is 1. The Morgan fingerprint density at radius 3 is 3.05 bits per heavy atom. The first-order valence-corrected chi connectivity index (χ1v) is 5.82. The average Bonchev–Trinajstić information content (AvgIpc) is 2.81. The normalized spacial score (nSPS) is 9.95. The monoisotopic (exact) mass is 275 g/mol. The van der Waals surface area contributed by atoms with Gasteiger partial charge in [0, 0.05) is 10.7 Å². The average molecular weight is 276 g/mol. The number of anilines is 1. The number of nitrogens with zero attached hydrogens (tertiary/aromatic N) is 4. The summed E-state index contributed by atoms with van der Waals surface area (Å²) >= 11 is 5.97. The minimum absolute atomic E-state index is 0.0264. The Balaban J connectivity index is 2.06. The van der Waals surface area contributed by atoms with Crippen LogP contribution < -0.4 is 5.32 Å². The summed E-state index contributed by atoms with van der Waals surface area (Å²) in [7, 11) is 0. The third-order valence-corrected chi connectivity index (χ3v) is 2.89. The highest BCUT2D eigenvalue weighted by Crippen LogP contribution is 2.19.